The minimum atomic E-state index is -0.235. The first-order valence-electron chi connectivity index (χ1n) is 9.02. The first-order valence-corrected chi connectivity index (χ1v) is 9.02. The Labute approximate surface area is 180 Å². The van der Waals surface area contributed by atoms with Crippen molar-refractivity contribution in [3.8, 4) is 5.75 Å². The zero-order chi connectivity index (χ0) is 19.2. The van der Waals surface area contributed by atoms with Crippen molar-refractivity contribution in [1.82, 2.24) is 20.0 Å². The number of nitrogens with zero attached hydrogens (tertiary/aromatic N) is 4. The average Bonchev–Trinajstić information content (AvgIpc) is 2.96. The number of guanidine groups is 1. The second kappa shape index (κ2) is 10.5. The van der Waals surface area contributed by atoms with Crippen molar-refractivity contribution < 1.29 is 4.74 Å². The van der Waals surface area contributed by atoms with Crippen molar-refractivity contribution in [2.45, 2.75) is 46.4 Å². The Balaban J connectivity index is 0.00000364. The third kappa shape index (κ3) is 7.78. The van der Waals surface area contributed by atoms with Gasteiger partial charge in [0.1, 0.15) is 11.4 Å². The molecule has 0 saturated carbocycles. The maximum Gasteiger partial charge on any atom is 0.194 e. The van der Waals surface area contributed by atoms with Gasteiger partial charge in [-0.25, -0.2) is 4.99 Å². The molecule has 1 aromatic carbocycles. The van der Waals surface area contributed by atoms with Gasteiger partial charge in [0.05, 0.1) is 12.7 Å². The molecule has 0 aliphatic rings. The van der Waals surface area contributed by atoms with Gasteiger partial charge in [0.25, 0.3) is 0 Å². The highest BCUT2D eigenvalue weighted by Crippen LogP contribution is 2.23. The number of aliphatic imine (C=N–C) groups is 1. The molecule has 0 saturated heterocycles. The van der Waals surface area contributed by atoms with Gasteiger partial charge in [-0.3, -0.25) is 4.68 Å². The smallest absolute Gasteiger partial charge is 0.194 e. The van der Waals surface area contributed by atoms with E-state index in [1.54, 1.807) is 0 Å². The molecular formula is C20H32IN5O. The molecule has 150 valence electrons. The lowest BCUT2D eigenvalue weighted by Gasteiger charge is -2.24. The summed E-state index contributed by atoms with van der Waals surface area (Å²) in [5, 5.41) is 7.58. The molecule has 0 radical (unpaired) electrons. The fraction of sp³-hybridized carbons (Fsp3) is 0.500. The van der Waals surface area contributed by atoms with Crippen LogP contribution in [0.3, 0.4) is 0 Å². The summed E-state index contributed by atoms with van der Waals surface area (Å²) in [6.07, 6.45) is 3.90. The van der Waals surface area contributed by atoms with E-state index in [0.717, 1.165) is 35.9 Å². The van der Waals surface area contributed by atoms with Gasteiger partial charge in [0, 0.05) is 44.5 Å². The molecule has 27 heavy (non-hydrogen) atoms. The summed E-state index contributed by atoms with van der Waals surface area (Å²) < 4.78 is 7.88. The minimum Gasteiger partial charge on any atom is -0.488 e. The van der Waals surface area contributed by atoms with Gasteiger partial charge in [-0.2, -0.15) is 5.10 Å². The van der Waals surface area contributed by atoms with E-state index in [4.69, 9.17) is 9.73 Å². The average molecular weight is 485 g/mol. The van der Waals surface area contributed by atoms with Gasteiger partial charge in [-0.15, -0.1) is 24.0 Å². The zero-order valence-electron chi connectivity index (χ0n) is 17.2. The Morgan fingerprint density at radius 3 is 2.59 bits per heavy atom. The second-order valence-corrected chi connectivity index (χ2v) is 7.37. The number of rotatable bonds is 6. The summed E-state index contributed by atoms with van der Waals surface area (Å²) in [4.78, 5) is 6.91. The van der Waals surface area contributed by atoms with Gasteiger partial charge >= 0.3 is 0 Å². The molecule has 7 heteroatoms. The van der Waals surface area contributed by atoms with Crippen molar-refractivity contribution >= 4 is 29.9 Å². The Hall–Kier alpha value is -1.77. The SMILES string of the molecule is CCNC(=NCc1ccccc1OC(C)(C)C)N(C)Cc1cnn(C)c1.I. The summed E-state index contributed by atoms with van der Waals surface area (Å²) in [7, 11) is 3.96. The summed E-state index contributed by atoms with van der Waals surface area (Å²) in [6.45, 7) is 10.4. The second-order valence-electron chi connectivity index (χ2n) is 7.37. The molecule has 0 fully saturated rings. The molecule has 2 rings (SSSR count). The summed E-state index contributed by atoms with van der Waals surface area (Å²) in [5.41, 5.74) is 1.99. The van der Waals surface area contributed by atoms with E-state index in [2.05, 4.69) is 49.1 Å². The Bertz CT molecular complexity index is 736. The largest absolute Gasteiger partial charge is 0.488 e. The van der Waals surface area contributed by atoms with Gasteiger partial charge in [-0.1, -0.05) is 18.2 Å². The van der Waals surface area contributed by atoms with Crippen LogP contribution < -0.4 is 10.1 Å². The third-order valence-corrected chi connectivity index (χ3v) is 3.66. The first kappa shape index (κ1) is 23.3. The fourth-order valence-corrected chi connectivity index (χ4v) is 2.60. The highest BCUT2D eigenvalue weighted by molar-refractivity contribution is 14.0. The van der Waals surface area contributed by atoms with Crippen molar-refractivity contribution in [2.24, 2.45) is 12.0 Å². The van der Waals surface area contributed by atoms with Crippen LogP contribution in [0.5, 0.6) is 5.75 Å². The molecule has 6 nitrogen and oxygen atoms in total. The van der Waals surface area contributed by atoms with Crippen LogP contribution in [-0.2, 0) is 20.1 Å². The molecule has 0 bridgehead atoms. The zero-order valence-corrected chi connectivity index (χ0v) is 19.5. The maximum atomic E-state index is 6.07. The third-order valence-electron chi connectivity index (χ3n) is 3.66. The van der Waals surface area contributed by atoms with Crippen LogP contribution in [0.15, 0.2) is 41.7 Å². The van der Waals surface area contributed by atoms with E-state index >= 15 is 0 Å². The summed E-state index contributed by atoms with van der Waals surface area (Å²) in [5.74, 6) is 1.75. The quantitative estimate of drug-likeness (QED) is 0.384. The summed E-state index contributed by atoms with van der Waals surface area (Å²) >= 11 is 0. The summed E-state index contributed by atoms with van der Waals surface area (Å²) in [6, 6.07) is 8.08. The van der Waals surface area contributed by atoms with Gasteiger partial charge in [0.2, 0.25) is 0 Å². The number of para-hydroxylation sites is 1. The van der Waals surface area contributed by atoms with E-state index < -0.39 is 0 Å². The van der Waals surface area contributed by atoms with Crippen LogP contribution >= 0.6 is 24.0 Å². The van der Waals surface area contributed by atoms with Crippen molar-refractivity contribution in [3.05, 3.63) is 47.8 Å². The lowest BCUT2D eigenvalue weighted by Crippen LogP contribution is -2.38. The van der Waals surface area contributed by atoms with E-state index in [0.29, 0.717) is 6.54 Å². The monoisotopic (exact) mass is 485 g/mol. The Kier molecular flexibility index (Phi) is 9.08. The van der Waals surface area contributed by atoms with Crippen molar-refractivity contribution in [1.29, 1.82) is 0 Å². The van der Waals surface area contributed by atoms with Crippen LogP contribution in [0.25, 0.3) is 0 Å². The minimum absolute atomic E-state index is 0. The predicted molar refractivity (Wildman–Crippen MR) is 122 cm³/mol. The van der Waals surface area contributed by atoms with Crippen LogP contribution in [0.4, 0.5) is 0 Å². The number of halogens is 1. The van der Waals surface area contributed by atoms with Gasteiger partial charge < -0.3 is 15.0 Å². The van der Waals surface area contributed by atoms with E-state index in [1.165, 1.54) is 0 Å². The number of hydrogen-bond donors (Lipinski definition) is 1. The number of hydrogen-bond acceptors (Lipinski definition) is 3. The molecule has 1 heterocycles. The molecule has 0 amide bonds. The van der Waals surface area contributed by atoms with E-state index in [-0.39, 0.29) is 29.6 Å². The fourth-order valence-electron chi connectivity index (χ4n) is 2.60. The van der Waals surface area contributed by atoms with Crippen LogP contribution in [0.1, 0.15) is 38.8 Å². The lowest BCUT2D eigenvalue weighted by molar-refractivity contribution is 0.129. The predicted octanol–water partition coefficient (Wildman–Crippen LogP) is 3.81. The normalized spacial score (nSPS) is 11.7. The van der Waals surface area contributed by atoms with Gasteiger partial charge in [-0.05, 0) is 33.8 Å². The molecule has 0 unspecified atom stereocenters. The Morgan fingerprint density at radius 2 is 2.00 bits per heavy atom. The van der Waals surface area contributed by atoms with Crippen LogP contribution in [0.2, 0.25) is 0 Å². The standard InChI is InChI=1S/C20H31N5O.HI/c1-7-21-19(24(5)14-16-12-23-25(6)15-16)22-13-17-10-8-9-11-18(17)26-20(2,3)4;/h8-12,15H,7,13-14H2,1-6H3,(H,21,22);1H. The van der Waals surface area contributed by atoms with E-state index in [1.807, 2.05) is 49.4 Å². The van der Waals surface area contributed by atoms with E-state index in [9.17, 15) is 0 Å². The van der Waals surface area contributed by atoms with Crippen molar-refractivity contribution in [2.75, 3.05) is 13.6 Å². The molecule has 1 aromatic heterocycles. The topological polar surface area (TPSA) is 54.7 Å². The molecule has 0 atom stereocenters. The highest BCUT2D eigenvalue weighted by atomic mass is 127. The van der Waals surface area contributed by atoms with Crippen LogP contribution in [-0.4, -0.2) is 39.8 Å². The van der Waals surface area contributed by atoms with Gasteiger partial charge in [0.15, 0.2) is 5.96 Å². The number of aryl methyl sites for hydroxylation is 1. The molecule has 1 N–H and O–H groups in total. The maximum absolute atomic E-state index is 6.07. The number of aromatic nitrogens is 2. The van der Waals surface area contributed by atoms with Crippen LogP contribution in [0, 0.1) is 0 Å². The molecule has 0 aliphatic heterocycles. The molecule has 2 aromatic rings. The van der Waals surface area contributed by atoms with Crippen molar-refractivity contribution in [3.63, 3.8) is 0 Å². The Morgan fingerprint density at radius 1 is 1.30 bits per heavy atom. The molecular weight excluding hydrogens is 453 g/mol. The highest BCUT2D eigenvalue weighted by Gasteiger charge is 2.14. The first-order chi connectivity index (χ1) is 12.3. The number of benzene rings is 1. The number of nitrogens with one attached hydrogen (secondary N) is 1. The molecule has 0 spiro atoms. The number of ether oxygens (including phenoxy) is 1. The lowest BCUT2D eigenvalue weighted by atomic mass is 10.1. The molecule has 0 aliphatic carbocycles.